The van der Waals surface area contributed by atoms with E-state index in [2.05, 4.69) is 40.1 Å². The number of nitrogens with zero attached hydrogens (tertiary/aromatic N) is 1. The molecule has 0 amide bonds. The monoisotopic (exact) mass is 347 g/mol. The Morgan fingerprint density at radius 3 is 2.83 bits per heavy atom. The van der Waals surface area contributed by atoms with Crippen LogP contribution in [0.3, 0.4) is 0 Å². The first kappa shape index (κ1) is 18.1. The number of aromatic hydroxyl groups is 1. The van der Waals surface area contributed by atoms with Gasteiger partial charge in [0.2, 0.25) is 0 Å². The van der Waals surface area contributed by atoms with Crippen molar-refractivity contribution in [3.63, 3.8) is 0 Å². The maximum atomic E-state index is 9.92. The molecule has 1 aromatic heterocycles. The van der Waals surface area contributed by atoms with Gasteiger partial charge in [-0.2, -0.15) is 0 Å². The molecule has 6 heteroatoms. The SMILES string of the molecule is CN=C(NCc1cc(OC)ccc1O)NCC(C)Cc1cccs1. The third kappa shape index (κ3) is 5.45. The summed E-state index contributed by atoms with van der Waals surface area (Å²) in [7, 11) is 3.35. The quantitative estimate of drug-likeness (QED) is 0.532. The predicted octanol–water partition coefficient (Wildman–Crippen LogP) is 3.01. The molecule has 130 valence electrons. The first-order valence-corrected chi connectivity index (χ1v) is 8.83. The van der Waals surface area contributed by atoms with E-state index in [-0.39, 0.29) is 5.75 Å². The lowest BCUT2D eigenvalue weighted by Crippen LogP contribution is -2.39. The van der Waals surface area contributed by atoms with Gasteiger partial charge in [0.1, 0.15) is 11.5 Å². The number of aliphatic imine (C=N–C) groups is 1. The van der Waals surface area contributed by atoms with Gasteiger partial charge in [0.25, 0.3) is 0 Å². The van der Waals surface area contributed by atoms with Crippen LogP contribution in [0.5, 0.6) is 11.5 Å². The summed E-state index contributed by atoms with van der Waals surface area (Å²) in [4.78, 5) is 5.63. The standard InChI is InChI=1S/C18H25N3O2S/c1-13(9-16-5-4-8-24-16)11-20-18(19-2)21-12-14-10-15(23-3)6-7-17(14)22/h4-8,10,13,22H,9,11-12H2,1-3H3,(H2,19,20,21). The third-order valence-electron chi connectivity index (χ3n) is 3.70. The second-order valence-corrected chi connectivity index (χ2v) is 6.72. The molecule has 1 atom stereocenters. The number of phenols is 1. The number of ether oxygens (including phenoxy) is 1. The number of methoxy groups -OCH3 is 1. The molecule has 0 bridgehead atoms. The summed E-state index contributed by atoms with van der Waals surface area (Å²) in [5, 5.41) is 18.6. The number of benzene rings is 1. The second kappa shape index (κ2) is 9.17. The Balaban J connectivity index is 1.82. The third-order valence-corrected chi connectivity index (χ3v) is 4.60. The lowest BCUT2D eigenvalue weighted by atomic mass is 10.1. The number of hydrogen-bond acceptors (Lipinski definition) is 4. The van der Waals surface area contributed by atoms with Crippen LogP contribution in [0, 0.1) is 5.92 Å². The van der Waals surface area contributed by atoms with Crippen molar-refractivity contribution in [1.82, 2.24) is 10.6 Å². The fourth-order valence-electron chi connectivity index (χ4n) is 2.35. The van der Waals surface area contributed by atoms with E-state index >= 15 is 0 Å². The van der Waals surface area contributed by atoms with Crippen LogP contribution in [0.15, 0.2) is 40.7 Å². The number of rotatable bonds is 7. The highest BCUT2D eigenvalue weighted by Crippen LogP contribution is 2.22. The molecule has 5 nitrogen and oxygen atoms in total. The minimum atomic E-state index is 0.241. The van der Waals surface area contributed by atoms with Gasteiger partial charge in [-0.15, -0.1) is 11.3 Å². The average Bonchev–Trinajstić information content (AvgIpc) is 3.09. The van der Waals surface area contributed by atoms with Crippen LogP contribution in [0.25, 0.3) is 0 Å². The van der Waals surface area contributed by atoms with Gasteiger partial charge in [-0.3, -0.25) is 4.99 Å². The minimum absolute atomic E-state index is 0.241. The molecule has 3 N–H and O–H groups in total. The molecule has 1 heterocycles. The van der Waals surface area contributed by atoms with Crippen molar-refractivity contribution < 1.29 is 9.84 Å². The van der Waals surface area contributed by atoms with E-state index < -0.39 is 0 Å². The molecule has 0 saturated carbocycles. The summed E-state index contributed by atoms with van der Waals surface area (Å²) in [6, 6.07) is 9.43. The number of hydrogen-bond donors (Lipinski definition) is 3. The molecule has 0 radical (unpaired) electrons. The molecule has 2 rings (SSSR count). The van der Waals surface area contributed by atoms with Crippen molar-refractivity contribution in [1.29, 1.82) is 0 Å². The van der Waals surface area contributed by atoms with Crippen LogP contribution in [0.4, 0.5) is 0 Å². The Labute approximate surface area is 147 Å². The smallest absolute Gasteiger partial charge is 0.191 e. The minimum Gasteiger partial charge on any atom is -0.508 e. The predicted molar refractivity (Wildman–Crippen MR) is 100 cm³/mol. The molecule has 1 unspecified atom stereocenters. The largest absolute Gasteiger partial charge is 0.508 e. The Kier molecular flexibility index (Phi) is 6.93. The van der Waals surface area contributed by atoms with Crippen molar-refractivity contribution in [2.45, 2.75) is 19.9 Å². The Morgan fingerprint density at radius 2 is 2.17 bits per heavy atom. The van der Waals surface area contributed by atoms with Crippen LogP contribution in [0.2, 0.25) is 0 Å². The molecular formula is C18H25N3O2S. The maximum Gasteiger partial charge on any atom is 0.191 e. The average molecular weight is 347 g/mol. The van der Waals surface area contributed by atoms with E-state index in [4.69, 9.17) is 4.74 Å². The van der Waals surface area contributed by atoms with Crippen molar-refractivity contribution >= 4 is 17.3 Å². The van der Waals surface area contributed by atoms with E-state index in [0.29, 0.717) is 12.5 Å². The van der Waals surface area contributed by atoms with E-state index in [9.17, 15) is 5.11 Å². The number of phenolic OH excluding ortho intramolecular Hbond substituents is 1. The first-order valence-electron chi connectivity index (χ1n) is 7.95. The fraction of sp³-hybridized carbons (Fsp3) is 0.389. The normalized spacial score (nSPS) is 12.7. The van der Waals surface area contributed by atoms with Gasteiger partial charge >= 0.3 is 0 Å². The van der Waals surface area contributed by atoms with Crippen LogP contribution in [-0.2, 0) is 13.0 Å². The molecule has 0 aliphatic rings. The Morgan fingerprint density at radius 1 is 1.33 bits per heavy atom. The highest BCUT2D eigenvalue weighted by Gasteiger charge is 2.08. The van der Waals surface area contributed by atoms with Gasteiger partial charge in [0, 0.05) is 30.6 Å². The lowest BCUT2D eigenvalue weighted by Gasteiger charge is -2.16. The summed E-state index contributed by atoms with van der Waals surface area (Å²) in [6.07, 6.45) is 1.05. The van der Waals surface area contributed by atoms with Gasteiger partial charge in [-0.05, 0) is 42.0 Å². The van der Waals surface area contributed by atoms with Crippen LogP contribution in [-0.4, -0.2) is 31.8 Å². The zero-order valence-electron chi connectivity index (χ0n) is 14.4. The number of nitrogens with one attached hydrogen (secondary N) is 2. The van der Waals surface area contributed by atoms with Crippen LogP contribution in [0.1, 0.15) is 17.4 Å². The van der Waals surface area contributed by atoms with Crippen LogP contribution < -0.4 is 15.4 Å². The summed E-state index contributed by atoms with van der Waals surface area (Å²) in [6.45, 7) is 3.53. The summed E-state index contributed by atoms with van der Waals surface area (Å²) in [5.74, 6) is 2.18. The number of guanidine groups is 1. The van der Waals surface area contributed by atoms with Crippen molar-refractivity contribution in [3.05, 3.63) is 46.2 Å². The molecule has 1 aromatic carbocycles. The highest BCUT2D eigenvalue weighted by atomic mass is 32.1. The van der Waals surface area contributed by atoms with Gasteiger partial charge in [-0.1, -0.05) is 13.0 Å². The van der Waals surface area contributed by atoms with E-state index in [1.54, 1.807) is 37.6 Å². The maximum absolute atomic E-state index is 9.92. The molecule has 0 spiro atoms. The van der Waals surface area contributed by atoms with E-state index in [1.807, 2.05) is 6.07 Å². The van der Waals surface area contributed by atoms with Crippen molar-refractivity contribution in [3.8, 4) is 11.5 Å². The van der Waals surface area contributed by atoms with Gasteiger partial charge in [-0.25, -0.2) is 0 Å². The molecular weight excluding hydrogens is 322 g/mol. The van der Waals surface area contributed by atoms with E-state index in [1.165, 1.54) is 4.88 Å². The molecule has 0 aliphatic heterocycles. The molecule has 0 saturated heterocycles. The molecule has 24 heavy (non-hydrogen) atoms. The lowest BCUT2D eigenvalue weighted by molar-refractivity contribution is 0.410. The zero-order valence-corrected chi connectivity index (χ0v) is 15.2. The Hall–Kier alpha value is -2.21. The first-order chi connectivity index (χ1) is 11.6. The van der Waals surface area contributed by atoms with Gasteiger partial charge in [0.05, 0.1) is 7.11 Å². The summed E-state index contributed by atoms with van der Waals surface area (Å²) in [5.41, 5.74) is 0.768. The second-order valence-electron chi connectivity index (χ2n) is 5.69. The molecule has 0 fully saturated rings. The molecule has 2 aromatic rings. The summed E-state index contributed by atoms with van der Waals surface area (Å²) >= 11 is 1.79. The van der Waals surface area contributed by atoms with Crippen LogP contribution >= 0.6 is 11.3 Å². The van der Waals surface area contributed by atoms with Crippen molar-refractivity contribution in [2.24, 2.45) is 10.9 Å². The zero-order chi connectivity index (χ0) is 17.4. The Bertz CT molecular complexity index is 656. The molecule has 0 aliphatic carbocycles. The fourth-order valence-corrected chi connectivity index (χ4v) is 3.22. The van der Waals surface area contributed by atoms with Gasteiger partial charge in [0.15, 0.2) is 5.96 Å². The highest BCUT2D eigenvalue weighted by molar-refractivity contribution is 7.09. The topological polar surface area (TPSA) is 65.9 Å². The van der Waals surface area contributed by atoms with Crippen molar-refractivity contribution in [2.75, 3.05) is 20.7 Å². The van der Waals surface area contributed by atoms with Gasteiger partial charge < -0.3 is 20.5 Å². The summed E-state index contributed by atoms with van der Waals surface area (Å²) < 4.78 is 5.19. The number of thiophene rings is 1. The van der Waals surface area contributed by atoms with E-state index in [0.717, 1.165) is 30.2 Å².